The van der Waals surface area contributed by atoms with Crippen LogP contribution in [0.1, 0.15) is 72.0 Å². The fraction of sp³-hybridized carbons (Fsp3) is 0.196. The van der Waals surface area contributed by atoms with Crippen LogP contribution in [0.2, 0.25) is 0 Å². The van der Waals surface area contributed by atoms with E-state index in [2.05, 4.69) is 139 Å². The zero-order valence-electron chi connectivity index (χ0n) is 27.3. The number of nitrogens with zero attached hydrogens (tertiary/aromatic N) is 1. The Hall–Kier alpha value is -5.21. The topological polar surface area (TPSA) is 24.9 Å². The Labute approximate surface area is 283 Å². The second-order valence-electron chi connectivity index (χ2n) is 13.7. The van der Waals surface area contributed by atoms with Crippen molar-refractivity contribution in [1.82, 2.24) is 10.3 Å². The van der Waals surface area contributed by atoms with E-state index in [0.717, 1.165) is 24.4 Å². The minimum atomic E-state index is 0.242. The third-order valence-electron chi connectivity index (χ3n) is 10.8. The number of allylic oxidation sites excluding steroid dienone is 3. The summed E-state index contributed by atoms with van der Waals surface area (Å²) in [6, 6.07) is 41.1. The molecule has 0 bridgehead atoms. The van der Waals surface area contributed by atoms with E-state index in [1.54, 1.807) is 0 Å². The average Bonchev–Trinajstić information content (AvgIpc) is 3.17. The van der Waals surface area contributed by atoms with Crippen LogP contribution in [0, 0.1) is 0 Å². The molecule has 1 atom stereocenters. The first-order chi connectivity index (χ1) is 23.8. The Morgan fingerprint density at radius 1 is 0.625 bits per heavy atom. The summed E-state index contributed by atoms with van der Waals surface area (Å²) >= 11 is 0. The molecule has 1 unspecified atom stereocenters. The van der Waals surface area contributed by atoms with Gasteiger partial charge in [0.25, 0.3) is 0 Å². The van der Waals surface area contributed by atoms with Crippen LogP contribution in [-0.4, -0.2) is 11.5 Å². The molecule has 1 N–H and O–H groups in total. The van der Waals surface area contributed by atoms with Gasteiger partial charge in [0.05, 0.1) is 5.69 Å². The highest BCUT2D eigenvalue weighted by atomic mass is 14.8. The van der Waals surface area contributed by atoms with Gasteiger partial charge in [-0.15, -0.1) is 0 Å². The van der Waals surface area contributed by atoms with Crippen molar-refractivity contribution in [3.05, 3.63) is 162 Å². The molecule has 48 heavy (non-hydrogen) atoms. The standard InChI is InChI=1S/C46H40N2/c1-2-10-31(11-3-1)34-12-8-13-36(28-34)45-39-14-4-6-16-41(39)46(42-17-7-5-15-40(42)45)37-23-21-32-20-22-35(29-38(32)30-37)44-19-9-18-43(48-44)33-24-26-47-27-25-33/h4-9,12-26,28,30-31,35,47H,1-3,10-11,27,29H2. The van der Waals surface area contributed by atoms with Crippen LogP contribution in [0.25, 0.3) is 55.4 Å². The van der Waals surface area contributed by atoms with Crippen LogP contribution >= 0.6 is 0 Å². The number of dihydropyridines is 1. The third kappa shape index (κ3) is 5.26. The molecule has 2 heterocycles. The molecule has 2 heteroatoms. The second kappa shape index (κ2) is 12.4. The molecule has 0 amide bonds. The molecule has 6 aromatic rings. The van der Waals surface area contributed by atoms with Crippen molar-refractivity contribution in [2.75, 3.05) is 6.54 Å². The van der Waals surface area contributed by atoms with Crippen molar-refractivity contribution in [3.63, 3.8) is 0 Å². The summed E-state index contributed by atoms with van der Waals surface area (Å²) in [4.78, 5) is 5.13. The molecule has 0 saturated heterocycles. The Morgan fingerprint density at radius 3 is 2.04 bits per heavy atom. The highest BCUT2D eigenvalue weighted by Gasteiger charge is 2.22. The molecular weight excluding hydrogens is 581 g/mol. The summed E-state index contributed by atoms with van der Waals surface area (Å²) in [6.45, 7) is 0.842. The van der Waals surface area contributed by atoms with E-state index in [1.165, 1.54) is 98.2 Å². The van der Waals surface area contributed by atoms with Crippen LogP contribution in [-0.2, 0) is 6.42 Å². The molecule has 2 nitrogen and oxygen atoms in total. The summed E-state index contributed by atoms with van der Waals surface area (Å²) in [5.41, 5.74) is 12.8. The molecule has 234 valence electrons. The summed E-state index contributed by atoms with van der Waals surface area (Å²) < 4.78 is 0. The zero-order chi connectivity index (χ0) is 31.9. The van der Waals surface area contributed by atoms with E-state index in [1.807, 2.05) is 6.20 Å². The first-order valence-electron chi connectivity index (χ1n) is 17.7. The predicted octanol–water partition coefficient (Wildman–Crippen LogP) is 11.6. The summed E-state index contributed by atoms with van der Waals surface area (Å²) in [5.74, 6) is 0.923. The third-order valence-corrected chi connectivity index (χ3v) is 10.8. The van der Waals surface area contributed by atoms with Gasteiger partial charge in [-0.05, 0) is 116 Å². The second-order valence-corrected chi connectivity index (χ2v) is 13.7. The van der Waals surface area contributed by atoms with E-state index in [-0.39, 0.29) is 5.92 Å². The normalized spacial score (nSPS) is 17.7. The predicted molar refractivity (Wildman–Crippen MR) is 203 cm³/mol. The van der Waals surface area contributed by atoms with Crippen LogP contribution in [0.4, 0.5) is 0 Å². The molecule has 0 radical (unpaired) electrons. The van der Waals surface area contributed by atoms with Gasteiger partial charge >= 0.3 is 0 Å². The minimum Gasteiger partial charge on any atom is -0.387 e. The Morgan fingerprint density at radius 2 is 1.33 bits per heavy atom. The number of benzene rings is 5. The lowest BCUT2D eigenvalue weighted by Crippen LogP contribution is -2.11. The van der Waals surface area contributed by atoms with Crippen molar-refractivity contribution in [2.24, 2.45) is 0 Å². The molecule has 2 aliphatic carbocycles. The fourth-order valence-corrected chi connectivity index (χ4v) is 8.43. The van der Waals surface area contributed by atoms with Crippen molar-refractivity contribution >= 4 is 33.2 Å². The lowest BCUT2D eigenvalue weighted by Gasteiger charge is -2.24. The first-order valence-corrected chi connectivity index (χ1v) is 17.7. The largest absolute Gasteiger partial charge is 0.387 e. The SMILES string of the molecule is C1=CC(c2cccc(C3C=Cc4ccc(-c5c6ccccc6c(-c6cccc(C7CCCCC7)c6)c6ccccc56)cc4C3)n2)=CCN1. The molecule has 1 fully saturated rings. The van der Waals surface area contributed by atoms with Gasteiger partial charge in [0.2, 0.25) is 0 Å². The highest BCUT2D eigenvalue weighted by Crippen LogP contribution is 2.45. The van der Waals surface area contributed by atoms with Crippen LogP contribution in [0.15, 0.2) is 134 Å². The van der Waals surface area contributed by atoms with Crippen LogP contribution in [0.3, 0.4) is 0 Å². The van der Waals surface area contributed by atoms with Gasteiger partial charge in [0.1, 0.15) is 0 Å². The van der Waals surface area contributed by atoms with Gasteiger partial charge in [0.15, 0.2) is 0 Å². The molecule has 1 aromatic heterocycles. The molecule has 3 aliphatic rings. The molecule has 5 aromatic carbocycles. The smallest absolute Gasteiger partial charge is 0.0703 e. The lowest BCUT2D eigenvalue weighted by molar-refractivity contribution is 0.444. The van der Waals surface area contributed by atoms with Gasteiger partial charge in [-0.25, -0.2) is 0 Å². The Balaban J connectivity index is 1.14. The number of hydrogen-bond donors (Lipinski definition) is 1. The van der Waals surface area contributed by atoms with Gasteiger partial charge in [-0.1, -0.05) is 135 Å². The number of fused-ring (bicyclic) bond motifs is 3. The summed E-state index contributed by atoms with van der Waals surface area (Å²) in [6.07, 6.45) is 18.6. The van der Waals surface area contributed by atoms with Gasteiger partial charge < -0.3 is 5.32 Å². The van der Waals surface area contributed by atoms with E-state index in [4.69, 9.17) is 4.98 Å². The molecule has 9 rings (SSSR count). The monoisotopic (exact) mass is 620 g/mol. The van der Waals surface area contributed by atoms with Gasteiger partial charge in [0, 0.05) is 18.2 Å². The number of hydrogen-bond acceptors (Lipinski definition) is 2. The summed E-state index contributed by atoms with van der Waals surface area (Å²) in [5, 5.41) is 8.52. The van der Waals surface area contributed by atoms with Crippen LogP contribution < -0.4 is 5.32 Å². The number of pyridine rings is 1. The average molecular weight is 621 g/mol. The molecule has 0 spiro atoms. The molecule has 1 aliphatic heterocycles. The zero-order valence-corrected chi connectivity index (χ0v) is 27.3. The van der Waals surface area contributed by atoms with Crippen molar-refractivity contribution in [2.45, 2.75) is 50.4 Å². The Kier molecular flexibility index (Phi) is 7.50. The van der Waals surface area contributed by atoms with Crippen molar-refractivity contribution < 1.29 is 0 Å². The van der Waals surface area contributed by atoms with Gasteiger partial charge in [-0.2, -0.15) is 0 Å². The van der Waals surface area contributed by atoms with E-state index < -0.39 is 0 Å². The number of aromatic nitrogens is 1. The van der Waals surface area contributed by atoms with E-state index in [0.29, 0.717) is 5.92 Å². The minimum absolute atomic E-state index is 0.242. The first kappa shape index (κ1) is 29.0. The maximum absolute atomic E-state index is 5.13. The van der Waals surface area contributed by atoms with Crippen molar-refractivity contribution in [1.29, 1.82) is 0 Å². The molecule has 1 saturated carbocycles. The maximum Gasteiger partial charge on any atom is 0.0703 e. The number of nitrogens with one attached hydrogen (secondary N) is 1. The lowest BCUT2D eigenvalue weighted by atomic mass is 9.81. The Bertz CT molecular complexity index is 2210. The summed E-state index contributed by atoms with van der Waals surface area (Å²) in [7, 11) is 0. The number of rotatable bonds is 5. The molecular formula is C46H40N2. The fourth-order valence-electron chi connectivity index (χ4n) is 8.43. The quantitative estimate of drug-likeness (QED) is 0.194. The van der Waals surface area contributed by atoms with Crippen LogP contribution in [0.5, 0.6) is 0 Å². The maximum atomic E-state index is 5.13. The van der Waals surface area contributed by atoms with Gasteiger partial charge in [-0.3, -0.25) is 4.98 Å². The highest BCUT2D eigenvalue weighted by molar-refractivity contribution is 6.21. The van der Waals surface area contributed by atoms with Crippen molar-refractivity contribution in [3.8, 4) is 22.3 Å². The van der Waals surface area contributed by atoms with E-state index >= 15 is 0 Å². The van der Waals surface area contributed by atoms with E-state index in [9.17, 15) is 0 Å².